The molecule has 0 spiro atoms. The first-order valence-electron chi connectivity index (χ1n) is 6.19. The summed E-state index contributed by atoms with van der Waals surface area (Å²) < 4.78 is 1.73. The smallest absolute Gasteiger partial charge is 0.276 e. The highest BCUT2D eigenvalue weighted by molar-refractivity contribution is 5.92. The number of rotatable bonds is 2. The SMILES string of the molecule is CC1(O)CCN(C(=O)c2cn(C3CNC3)nn2)C1. The molecule has 1 amide bonds. The monoisotopic (exact) mass is 251 g/mol. The third-order valence-corrected chi connectivity index (χ3v) is 3.60. The van der Waals surface area contributed by atoms with Gasteiger partial charge in [0.15, 0.2) is 5.69 Å². The molecule has 2 aliphatic rings. The molecule has 2 saturated heterocycles. The standard InChI is InChI=1S/C11H17N5O2/c1-11(18)2-3-15(7-11)10(17)9-6-16(14-13-9)8-4-12-5-8/h6,8,12,18H,2-5,7H2,1H3. The number of hydrogen-bond acceptors (Lipinski definition) is 5. The molecule has 0 aliphatic carbocycles. The minimum atomic E-state index is -0.774. The van der Waals surface area contributed by atoms with E-state index in [1.807, 2.05) is 0 Å². The van der Waals surface area contributed by atoms with E-state index >= 15 is 0 Å². The van der Waals surface area contributed by atoms with Crippen molar-refractivity contribution in [2.24, 2.45) is 0 Å². The van der Waals surface area contributed by atoms with E-state index < -0.39 is 5.60 Å². The topological polar surface area (TPSA) is 83.3 Å². The van der Waals surface area contributed by atoms with E-state index in [4.69, 9.17) is 0 Å². The molecule has 1 unspecified atom stereocenters. The van der Waals surface area contributed by atoms with Gasteiger partial charge >= 0.3 is 0 Å². The summed E-state index contributed by atoms with van der Waals surface area (Å²) >= 11 is 0. The zero-order valence-electron chi connectivity index (χ0n) is 10.3. The molecule has 0 saturated carbocycles. The number of carbonyl (C=O) groups excluding carboxylic acids is 1. The van der Waals surface area contributed by atoms with Gasteiger partial charge in [0.1, 0.15) is 0 Å². The molecule has 3 rings (SSSR count). The van der Waals surface area contributed by atoms with Crippen LogP contribution in [0.3, 0.4) is 0 Å². The number of likely N-dealkylation sites (tertiary alicyclic amines) is 1. The van der Waals surface area contributed by atoms with Gasteiger partial charge in [0.05, 0.1) is 17.8 Å². The van der Waals surface area contributed by atoms with Crippen LogP contribution in [0.5, 0.6) is 0 Å². The Kier molecular flexibility index (Phi) is 2.60. The van der Waals surface area contributed by atoms with Gasteiger partial charge in [-0.1, -0.05) is 5.21 Å². The highest BCUT2D eigenvalue weighted by Crippen LogP contribution is 2.21. The minimum Gasteiger partial charge on any atom is -0.388 e. The average molecular weight is 251 g/mol. The summed E-state index contributed by atoms with van der Waals surface area (Å²) in [6.45, 7) is 4.43. The number of nitrogens with zero attached hydrogens (tertiary/aromatic N) is 4. The maximum Gasteiger partial charge on any atom is 0.276 e. The van der Waals surface area contributed by atoms with Crippen LogP contribution >= 0.6 is 0 Å². The Labute approximate surface area is 105 Å². The summed E-state index contributed by atoms with van der Waals surface area (Å²) in [6.07, 6.45) is 2.31. The van der Waals surface area contributed by atoms with E-state index in [0.29, 0.717) is 31.2 Å². The maximum absolute atomic E-state index is 12.2. The number of hydrogen-bond donors (Lipinski definition) is 2. The summed E-state index contributed by atoms with van der Waals surface area (Å²) in [6, 6.07) is 0.306. The van der Waals surface area contributed by atoms with E-state index in [1.54, 1.807) is 22.7 Å². The van der Waals surface area contributed by atoms with E-state index in [0.717, 1.165) is 13.1 Å². The molecule has 0 radical (unpaired) electrons. The van der Waals surface area contributed by atoms with Crippen LogP contribution in [0.2, 0.25) is 0 Å². The predicted octanol–water partition coefficient (Wildman–Crippen LogP) is -0.981. The van der Waals surface area contributed by atoms with E-state index in [-0.39, 0.29) is 5.91 Å². The molecule has 1 aromatic heterocycles. The first-order valence-corrected chi connectivity index (χ1v) is 6.19. The molecule has 7 nitrogen and oxygen atoms in total. The maximum atomic E-state index is 12.2. The van der Waals surface area contributed by atoms with Gasteiger partial charge < -0.3 is 15.3 Å². The van der Waals surface area contributed by atoms with Gasteiger partial charge in [-0.2, -0.15) is 0 Å². The van der Waals surface area contributed by atoms with Crippen LogP contribution in [0.25, 0.3) is 0 Å². The van der Waals surface area contributed by atoms with Gasteiger partial charge in [-0.15, -0.1) is 5.10 Å². The Morgan fingerprint density at radius 1 is 1.61 bits per heavy atom. The fourth-order valence-electron chi connectivity index (χ4n) is 2.29. The van der Waals surface area contributed by atoms with Gasteiger partial charge in [-0.3, -0.25) is 4.79 Å². The van der Waals surface area contributed by atoms with Crippen molar-refractivity contribution in [3.8, 4) is 0 Å². The van der Waals surface area contributed by atoms with Crippen LogP contribution in [0, 0.1) is 0 Å². The third-order valence-electron chi connectivity index (χ3n) is 3.60. The molecular weight excluding hydrogens is 234 g/mol. The number of carbonyl (C=O) groups is 1. The number of β-amino-alcohol motifs (C(OH)–C–C–N with tert-alkyl or cyclic N) is 1. The van der Waals surface area contributed by atoms with Crippen molar-refractivity contribution < 1.29 is 9.90 Å². The van der Waals surface area contributed by atoms with Gasteiger partial charge in [0.25, 0.3) is 5.91 Å². The molecule has 98 valence electrons. The summed E-state index contributed by atoms with van der Waals surface area (Å²) in [5.74, 6) is -0.147. The van der Waals surface area contributed by atoms with Crippen LogP contribution < -0.4 is 5.32 Å². The van der Waals surface area contributed by atoms with Crippen molar-refractivity contribution in [1.29, 1.82) is 0 Å². The second-order valence-electron chi connectivity index (χ2n) is 5.37. The van der Waals surface area contributed by atoms with E-state index in [2.05, 4.69) is 15.6 Å². The van der Waals surface area contributed by atoms with Crippen molar-refractivity contribution in [1.82, 2.24) is 25.2 Å². The molecule has 2 fully saturated rings. The number of amides is 1. The molecule has 0 aromatic carbocycles. The Balaban J connectivity index is 1.70. The molecule has 18 heavy (non-hydrogen) atoms. The molecule has 1 atom stereocenters. The zero-order chi connectivity index (χ0) is 12.8. The number of nitrogens with one attached hydrogen (secondary N) is 1. The quantitative estimate of drug-likeness (QED) is 0.706. The van der Waals surface area contributed by atoms with Gasteiger partial charge in [0, 0.05) is 26.2 Å². The lowest BCUT2D eigenvalue weighted by atomic mass is 10.1. The second kappa shape index (κ2) is 4.03. The van der Waals surface area contributed by atoms with Crippen LogP contribution in [-0.4, -0.2) is 62.7 Å². The second-order valence-corrected chi connectivity index (χ2v) is 5.37. The summed E-state index contributed by atoms with van der Waals surface area (Å²) in [5, 5.41) is 20.9. The highest BCUT2D eigenvalue weighted by atomic mass is 16.3. The molecule has 3 heterocycles. The Hall–Kier alpha value is -1.47. The zero-order valence-corrected chi connectivity index (χ0v) is 10.3. The normalized spacial score (nSPS) is 28.4. The fraction of sp³-hybridized carbons (Fsp3) is 0.727. The largest absolute Gasteiger partial charge is 0.388 e. The number of aromatic nitrogens is 3. The van der Waals surface area contributed by atoms with Crippen molar-refractivity contribution in [2.45, 2.75) is 25.0 Å². The molecule has 1 aromatic rings. The van der Waals surface area contributed by atoms with E-state index in [9.17, 15) is 9.90 Å². The van der Waals surface area contributed by atoms with E-state index in [1.165, 1.54) is 0 Å². The van der Waals surface area contributed by atoms with Crippen molar-refractivity contribution >= 4 is 5.91 Å². The Morgan fingerprint density at radius 2 is 2.39 bits per heavy atom. The van der Waals surface area contributed by atoms with Crippen LogP contribution in [-0.2, 0) is 0 Å². The predicted molar refractivity (Wildman–Crippen MR) is 63.1 cm³/mol. The first kappa shape index (κ1) is 11.6. The molecule has 2 aliphatic heterocycles. The Bertz CT molecular complexity index is 466. The van der Waals surface area contributed by atoms with Crippen molar-refractivity contribution in [2.75, 3.05) is 26.2 Å². The lowest BCUT2D eigenvalue weighted by Gasteiger charge is -2.26. The van der Waals surface area contributed by atoms with Crippen molar-refractivity contribution in [3.63, 3.8) is 0 Å². The minimum absolute atomic E-state index is 0.147. The van der Waals surface area contributed by atoms with Crippen LogP contribution in [0.15, 0.2) is 6.20 Å². The molecule has 2 N–H and O–H groups in total. The average Bonchev–Trinajstić information content (AvgIpc) is 2.82. The third kappa shape index (κ3) is 1.99. The van der Waals surface area contributed by atoms with Crippen LogP contribution in [0.1, 0.15) is 29.9 Å². The summed E-state index contributed by atoms with van der Waals surface area (Å²) in [4.78, 5) is 13.8. The lowest BCUT2D eigenvalue weighted by molar-refractivity contribution is 0.0569. The van der Waals surface area contributed by atoms with Crippen molar-refractivity contribution in [3.05, 3.63) is 11.9 Å². The number of aliphatic hydroxyl groups is 1. The first-order chi connectivity index (χ1) is 8.55. The fourth-order valence-corrected chi connectivity index (χ4v) is 2.29. The molecule has 0 bridgehead atoms. The van der Waals surface area contributed by atoms with Gasteiger partial charge in [-0.25, -0.2) is 4.68 Å². The Morgan fingerprint density at radius 3 is 2.94 bits per heavy atom. The highest BCUT2D eigenvalue weighted by Gasteiger charge is 2.35. The molecule has 7 heteroatoms. The summed E-state index contributed by atoms with van der Waals surface area (Å²) in [5.41, 5.74) is -0.414. The van der Waals surface area contributed by atoms with Gasteiger partial charge in [0.2, 0.25) is 0 Å². The molecular formula is C11H17N5O2. The van der Waals surface area contributed by atoms with Gasteiger partial charge in [-0.05, 0) is 13.3 Å². The summed E-state index contributed by atoms with van der Waals surface area (Å²) in [7, 11) is 0. The lowest BCUT2D eigenvalue weighted by Crippen LogP contribution is -2.43. The van der Waals surface area contributed by atoms with Crippen LogP contribution in [0.4, 0.5) is 0 Å².